The molecule has 2 amide bonds. The Morgan fingerprint density at radius 2 is 1.74 bits per heavy atom. The summed E-state index contributed by atoms with van der Waals surface area (Å²) >= 11 is 1.17. The molecule has 0 bridgehead atoms. The predicted molar refractivity (Wildman–Crippen MR) is 140 cm³/mol. The molecule has 1 heterocycles. The predicted octanol–water partition coefficient (Wildman–Crippen LogP) is 4.46. The van der Waals surface area contributed by atoms with Crippen molar-refractivity contribution in [2.45, 2.75) is 25.0 Å². The molecule has 0 spiro atoms. The maximum atomic E-state index is 12.9. The first-order chi connectivity index (χ1) is 16.8. The summed E-state index contributed by atoms with van der Waals surface area (Å²) in [5.41, 5.74) is 3.21. The summed E-state index contributed by atoms with van der Waals surface area (Å²) in [5, 5.41) is 6.79. The van der Waals surface area contributed by atoms with Gasteiger partial charge in [-0.3, -0.25) is 19.0 Å². The van der Waals surface area contributed by atoms with Crippen LogP contribution in [-0.4, -0.2) is 27.1 Å². The van der Waals surface area contributed by atoms with Gasteiger partial charge in [0.2, 0.25) is 5.91 Å². The Bertz CT molecular complexity index is 1450. The highest BCUT2D eigenvalue weighted by Gasteiger charge is 2.17. The third kappa shape index (κ3) is 5.60. The molecule has 1 atom stereocenters. The molecule has 0 aliphatic heterocycles. The number of aromatic nitrogens is 2. The summed E-state index contributed by atoms with van der Waals surface area (Å²) in [6, 6.07) is 21.9. The van der Waals surface area contributed by atoms with Crippen molar-refractivity contribution >= 4 is 40.2 Å². The maximum Gasteiger partial charge on any atom is 0.261 e. The lowest BCUT2D eigenvalue weighted by molar-refractivity contribution is -0.113. The Morgan fingerprint density at radius 1 is 1.03 bits per heavy atom. The van der Waals surface area contributed by atoms with E-state index in [-0.39, 0.29) is 29.2 Å². The summed E-state index contributed by atoms with van der Waals surface area (Å²) < 4.78 is 1.45. The van der Waals surface area contributed by atoms with Gasteiger partial charge in [-0.25, -0.2) is 4.98 Å². The second-order valence-corrected chi connectivity index (χ2v) is 9.21. The summed E-state index contributed by atoms with van der Waals surface area (Å²) in [5.74, 6) is -0.544. The van der Waals surface area contributed by atoms with Gasteiger partial charge >= 0.3 is 0 Å². The van der Waals surface area contributed by atoms with Crippen molar-refractivity contribution < 1.29 is 9.59 Å². The zero-order valence-electron chi connectivity index (χ0n) is 19.7. The number of carbonyl (C=O) groups is 2. The van der Waals surface area contributed by atoms with Gasteiger partial charge in [0.25, 0.3) is 11.5 Å². The van der Waals surface area contributed by atoms with Gasteiger partial charge in [-0.1, -0.05) is 65.9 Å². The number of nitrogens with one attached hydrogen (secondary N) is 2. The highest BCUT2D eigenvalue weighted by atomic mass is 32.2. The lowest BCUT2D eigenvalue weighted by atomic mass is 10.1. The molecule has 0 fully saturated rings. The number of rotatable bonds is 7. The summed E-state index contributed by atoms with van der Waals surface area (Å²) in [6.07, 6.45) is 0. The Balaban J connectivity index is 1.45. The van der Waals surface area contributed by atoms with E-state index in [0.717, 1.165) is 11.1 Å². The van der Waals surface area contributed by atoms with Crippen molar-refractivity contribution in [3.63, 3.8) is 0 Å². The van der Waals surface area contributed by atoms with Gasteiger partial charge in [-0.05, 0) is 43.7 Å². The van der Waals surface area contributed by atoms with Gasteiger partial charge in [0.1, 0.15) is 0 Å². The molecule has 1 aromatic heterocycles. The maximum absolute atomic E-state index is 12.9. The molecule has 7 nitrogen and oxygen atoms in total. The first-order valence-corrected chi connectivity index (χ1v) is 12.2. The minimum Gasteiger partial charge on any atom is -0.345 e. The Morgan fingerprint density at radius 3 is 2.51 bits per heavy atom. The van der Waals surface area contributed by atoms with Gasteiger partial charge in [0, 0.05) is 7.05 Å². The topological polar surface area (TPSA) is 93.1 Å². The van der Waals surface area contributed by atoms with E-state index in [0.29, 0.717) is 27.3 Å². The van der Waals surface area contributed by atoms with E-state index in [1.54, 1.807) is 31.3 Å². The minimum atomic E-state index is -0.301. The molecule has 0 saturated carbocycles. The molecule has 2 N–H and O–H groups in total. The monoisotopic (exact) mass is 486 g/mol. The third-order valence-corrected chi connectivity index (χ3v) is 6.65. The van der Waals surface area contributed by atoms with Crippen molar-refractivity contribution in [3.05, 3.63) is 99.8 Å². The van der Waals surface area contributed by atoms with E-state index in [1.165, 1.54) is 16.3 Å². The SMILES string of the molecule is Cc1ccc2nc(SCC(=O)Nc3ccccc3C(=O)NC(C)c3ccccc3)n(C)c(=O)c2c1. The normalized spacial score (nSPS) is 11.7. The first kappa shape index (κ1) is 24.2. The van der Waals surface area contributed by atoms with Crippen molar-refractivity contribution in [1.29, 1.82) is 0 Å². The van der Waals surface area contributed by atoms with Crippen LogP contribution in [0.5, 0.6) is 0 Å². The van der Waals surface area contributed by atoms with Crippen LogP contribution in [0.1, 0.15) is 34.5 Å². The number of aryl methyl sites for hydroxylation is 1. The lowest BCUT2D eigenvalue weighted by Crippen LogP contribution is -2.28. The zero-order chi connectivity index (χ0) is 24.9. The highest BCUT2D eigenvalue weighted by Crippen LogP contribution is 2.21. The lowest BCUT2D eigenvalue weighted by Gasteiger charge is -2.16. The van der Waals surface area contributed by atoms with E-state index < -0.39 is 0 Å². The van der Waals surface area contributed by atoms with Crippen LogP contribution in [0.2, 0.25) is 0 Å². The van der Waals surface area contributed by atoms with Crippen LogP contribution in [-0.2, 0) is 11.8 Å². The highest BCUT2D eigenvalue weighted by molar-refractivity contribution is 7.99. The van der Waals surface area contributed by atoms with Gasteiger partial charge in [-0.2, -0.15) is 0 Å². The second kappa shape index (κ2) is 10.6. The molecule has 0 saturated heterocycles. The second-order valence-electron chi connectivity index (χ2n) is 8.27. The van der Waals surface area contributed by atoms with Gasteiger partial charge in [-0.15, -0.1) is 0 Å². The van der Waals surface area contributed by atoms with Crippen LogP contribution in [0.4, 0.5) is 5.69 Å². The summed E-state index contributed by atoms with van der Waals surface area (Å²) in [4.78, 5) is 42.9. The fourth-order valence-electron chi connectivity index (χ4n) is 3.70. The largest absolute Gasteiger partial charge is 0.345 e. The van der Waals surface area contributed by atoms with Crippen LogP contribution >= 0.6 is 11.8 Å². The van der Waals surface area contributed by atoms with Crippen LogP contribution in [0.15, 0.2) is 82.7 Å². The number of para-hydroxylation sites is 1. The molecule has 4 aromatic rings. The molecule has 0 aliphatic carbocycles. The number of hydrogen-bond donors (Lipinski definition) is 2. The molecule has 4 rings (SSSR count). The third-order valence-electron chi connectivity index (χ3n) is 5.62. The molecule has 8 heteroatoms. The van der Waals surface area contributed by atoms with Crippen LogP contribution in [0.3, 0.4) is 0 Å². The molecule has 3 aromatic carbocycles. The molecule has 178 valence electrons. The molecule has 0 radical (unpaired) electrons. The van der Waals surface area contributed by atoms with Crippen molar-refractivity contribution in [3.8, 4) is 0 Å². The molecule has 35 heavy (non-hydrogen) atoms. The molecular formula is C27H26N4O3S. The molecular weight excluding hydrogens is 460 g/mol. The fraction of sp³-hybridized carbons (Fsp3) is 0.185. The number of hydrogen-bond acceptors (Lipinski definition) is 5. The standard InChI is InChI=1S/C27H26N4O3S/c1-17-13-14-23-21(15-17)26(34)31(3)27(30-23)35-16-24(32)29-22-12-8-7-11-20(22)25(33)28-18(2)19-9-5-4-6-10-19/h4-15,18H,16H2,1-3H3,(H,28,33)(H,29,32). The van der Waals surface area contributed by atoms with E-state index in [4.69, 9.17) is 0 Å². The van der Waals surface area contributed by atoms with E-state index in [1.807, 2.05) is 62.4 Å². The average Bonchev–Trinajstić information content (AvgIpc) is 2.86. The van der Waals surface area contributed by atoms with E-state index >= 15 is 0 Å². The first-order valence-electron chi connectivity index (χ1n) is 11.2. The smallest absolute Gasteiger partial charge is 0.261 e. The van der Waals surface area contributed by atoms with E-state index in [9.17, 15) is 14.4 Å². The van der Waals surface area contributed by atoms with Crippen LogP contribution < -0.4 is 16.2 Å². The summed E-state index contributed by atoms with van der Waals surface area (Å²) in [7, 11) is 1.64. The quantitative estimate of drug-likeness (QED) is 0.297. The van der Waals surface area contributed by atoms with E-state index in [2.05, 4.69) is 15.6 Å². The van der Waals surface area contributed by atoms with Crippen LogP contribution in [0, 0.1) is 6.92 Å². The average molecular weight is 487 g/mol. The Labute approximate surface area is 207 Å². The molecule has 0 aliphatic rings. The number of amides is 2. The number of thioether (sulfide) groups is 1. The fourth-order valence-corrected chi connectivity index (χ4v) is 4.47. The zero-order valence-corrected chi connectivity index (χ0v) is 20.6. The van der Waals surface area contributed by atoms with Crippen molar-refractivity contribution in [1.82, 2.24) is 14.9 Å². The number of benzene rings is 3. The summed E-state index contributed by atoms with van der Waals surface area (Å²) in [6.45, 7) is 3.83. The number of fused-ring (bicyclic) bond motifs is 1. The van der Waals surface area contributed by atoms with Gasteiger partial charge < -0.3 is 10.6 Å². The van der Waals surface area contributed by atoms with Crippen molar-refractivity contribution in [2.24, 2.45) is 7.05 Å². The number of nitrogens with zero attached hydrogens (tertiary/aromatic N) is 2. The van der Waals surface area contributed by atoms with Gasteiger partial charge in [0.05, 0.1) is 33.9 Å². The van der Waals surface area contributed by atoms with Crippen LogP contribution in [0.25, 0.3) is 10.9 Å². The Kier molecular flexibility index (Phi) is 7.31. The van der Waals surface area contributed by atoms with Gasteiger partial charge in [0.15, 0.2) is 5.16 Å². The number of carbonyl (C=O) groups excluding carboxylic acids is 2. The minimum absolute atomic E-state index is 0.0357. The van der Waals surface area contributed by atoms with Crippen molar-refractivity contribution in [2.75, 3.05) is 11.1 Å². The molecule has 1 unspecified atom stereocenters. The number of anilines is 1. The Hall–Kier alpha value is -3.91.